The van der Waals surface area contributed by atoms with Gasteiger partial charge in [0.2, 0.25) is 0 Å². The van der Waals surface area contributed by atoms with Crippen molar-refractivity contribution in [2.24, 2.45) is 5.73 Å². The average Bonchev–Trinajstić information content (AvgIpc) is 3.82. The Kier molecular flexibility index (Phi) is 12.7. The van der Waals surface area contributed by atoms with Gasteiger partial charge in [-0.05, 0) is 92.6 Å². The molecule has 5 N–H and O–H groups in total. The molecule has 5 heterocycles. The van der Waals surface area contributed by atoms with E-state index < -0.39 is 5.97 Å². The lowest BCUT2D eigenvalue weighted by Gasteiger charge is -2.18. The van der Waals surface area contributed by atoms with Gasteiger partial charge in [0.05, 0.1) is 49.9 Å². The molecule has 0 spiro atoms. The summed E-state index contributed by atoms with van der Waals surface area (Å²) in [6, 6.07) is 6.03. The quantitative estimate of drug-likeness (QED) is 0.0982. The van der Waals surface area contributed by atoms with Crippen molar-refractivity contribution >= 4 is 57.0 Å². The van der Waals surface area contributed by atoms with E-state index in [1.807, 2.05) is 32.9 Å². The molecule has 0 radical (unpaired) electrons. The van der Waals surface area contributed by atoms with Crippen LogP contribution in [-0.2, 0) is 52.7 Å². The lowest BCUT2D eigenvalue weighted by atomic mass is 9.84. The molecule has 0 fully saturated rings. The Balaban J connectivity index is 1.95. The van der Waals surface area contributed by atoms with Crippen LogP contribution in [0.1, 0.15) is 109 Å². The van der Waals surface area contributed by atoms with Crippen LogP contribution in [0.4, 0.5) is 0 Å². The van der Waals surface area contributed by atoms with E-state index in [4.69, 9.17) is 29.9 Å². The summed E-state index contributed by atoms with van der Waals surface area (Å²) in [5.74, 6) is -2.08. The Hall–Kier alpha value is -5.30. The third-order valence-corrected chi connectivity index (χ3v) is 10.6. The molecule has 0 saturated carbocycles. The number of hydrogen-bond acceptors (Lipinski definition) is 10. The van der Waals surface area contributed by atoms with E-state index in [0.29, 0.717) is 66.1 Å². The molecule has 1 amide bonds. The zero-order valence-corrected chi connectivity index (χ0v) is 32.6. The summed E-state index contributed by atoms with van der Waals surface area (Å²) in [7, 11) is 2.67. The maximum absolute atomic E-state index is 14.1. The molecule has 2 aliphatic rings. The summed E-state index contributed by atoms with van der Waals surface area (Å²) >= 11 is 0. The van der Waals surface area contributed by atoms with E-state index in [1.165, 1.54) is 21.1 Å². The molecule has 0 unspecified atom stereocenters. The number of amides is 1. The van der Waals surface area contributed by atoms with Crippen LogP contribution >= 0.6 is 0 Å². The average molecular weight is 741 g/mol. The molecular weight excluding hydrogens is 688 g/mol. The van der Waals surface area contributed by atoms with E-state index >= 15 is 0 Å². The summed E-state index contributed by atoms with van der Waals surface area (Å²) in [6.45, 7) is 12.5. The number of allylic oxidation sites excluding steroid dienone is 1. The van der Waals surface area contributed by atoms with Gasteiger partial charge in [-0.15, -0.1) is 0 Å². The van der Waals surface area contributed by atoms with E-state index in [-0.39, 0.29) is 49.1 Å². The first-order valence-electron chi connectivity index (χ1n) is 18.5. The number of esters is 3. The van der Waals surface area contributed by atoms with Crippen molar-refractivity contribution < 1.29 is 33.4 Å². The van der Waals surface area contributed by atoms with Crippen molar-refractivity contribution in [3.63, 3.8) is 0 Å². The predicted octanol–water partition coefficient (Wildman–Crippen LogP) is 5.55. The van der Waals surface area contributed by atoms with Crippen LogP contribution in [0.3, 0.4) is 0 Å². The van der Waals surface area contributed by atoms with Crippen LogP contribution in [0.15, 0.2) is 18.2 Å². The number of hydrogen-bond donors (Lipinski definition) is 4. The van der Waals surface area contributed by atoms with Gasteiger partial charge in [0.25, 0.3) is 5.91 Å². The molecule has 3 aromatic rings. The zero-order chi connectivity index (χ0) is 39.3. The largest absolute Gasteiger partial charge is 0.469 e. The molecule has 54 heavy (non-hydrogen) atoms. The van der Waals surface area contributed by atoms with Crippen molar-refractivity contribution in [1.82, 2.24) is 25.3 Å². The van der Waals surface area contributed by atoms with Gasteiger partial charge in [0, 0.05) is 71.5 Å². The van der Waals surface area contributed by atoms with E-state index in [1.54, 1.807) is 0 Å². The highest BCUT2D eigenvalue weighted by Gasteiger charge is 2.35. The van der Waals surface area contributed by atoms with Gasteiger partial charge in [-0.1, -0.05) is 13.8 Å². The maximum Gasteiger partial charge on any atom is 0.310 e. The van der Waals surface area contributed by atoms with Gasteiger partial charge in [0.15, 0.2) is 0 Å². The highest BCUT2D eigenvalue weighted by molar-refractivity contribution is 6.27. The third-order valence-electron chi connectivity index (χ3n) is 10.6. The summed E-state index contributed by atoms with van der Waals surface area (Å²) < 4.78 is 15.6. The minimum Gasteiger partial charge on any atom is -0.469 e. The number of fused-ring (bicyclic) bond motifs is 8. The number of aromatic amines is 2. The fraction of sp³-hybridized carbons (Fsp3) is 0.463. The van der Waals surface area contributed by atoms with Gasteiger partial charge >= 0.3 is 17.9 Å². The summed E-state index contributed by atoms with van der Waals surface area (Å²) in [6.07, 6.45) is 2.12. The SMILES string of the molecule is CCc1c(C)c2cc3[nH]c(cc4nc(c(CC(=O)OC)c5nc(cc1[nH]2)C(C)=C5C(=O)NCCCN)[C@@H](CCC(=O)OC)[C@@H]4C)c(C)c3CCOC(C)=O. The molecule has 2 aliphatic heterocycles. The number of ether oxygens (including phenoxy) is 3. The number of aromatic nitrogens is 4. The van der Waals surface area contributed by atoms with Gasteiger partial charge in [-0.3, -0.25) is 24.2 Å². The Labute approximate surface area is 315 Å². The number of rotatable bonds is 13. The van der Waals surface area contributed by atoms with Crippen molar-refractivity contribution in [3.05, 3.63) is 68.8 Å². The van der Waals surface area contributed by atoms with Gasteiger partial charge < -0.3 is 35.2 Å². The van der Waals surface area contributed by atoms with Crippen molar-refractivity contribution in [2.45, 2.75) is 91.9 Å². The normalized spacial score (nSPS) is 15.3. The number of nitrogens with zero attached hydrogens (tertiary/aromatic N) is 2. The van der Waals surface area contributed by atoms with Crippen LogP contribution < -0.4 is 11.1 Å². The van der Waals surface area contributed by atoms with Crippen molar-refractivity contribution in [2.75, 3.05) is 33.9 Å². The second-order valence-electron chi connectivity index (χ2n) is 13.9. The maximum atomic E-state index is 14.1. The number of nitrogens with one attached hydrogen (secondary N) is 3. The van der Waals surface area contributed by atoms with Crippen LogP contribution in [0.2, 0.25) is 0 Å². The fourth-order valence-electron chi connectivity index (χ4n) is 7.49. The number of nitrogens with two attached hydrogens (primary N) is 1. The molecule has 8 bridgehead atoms. The molecule has 13 nitrogen and oxygen atoms in total. The number of methoxy groups -OCH3 is 2. The lowest BCUT2D eigenvalue weighted by Crippen LogP contribution is -2.27. The molecule has 0 aromatic carbocycles. The van der Waals surface area contributed by atoms with Gasteiger partial charge in [0.1, 0.15) is 0 Å². The molecule has 288 valence electrons. The van der Waals surface area contributed by atoms with Gasteiger partial charge in [-0.25, -0.2) is 4.98 Å². The summed E-state index contributed by atoms with van der Waals surface area (Å²) in [5.41, 5.74) is 17.0. The van der Waals surface area contributed by atoms with Crippen molar-refractivity contribution in [1.29, 1.82) is 0 Å². The monoisotopic (exact) mass is 740 g/mol. The first-order valence-corrected chi connectivity index (χ1v) is 18.5. The Morgan fingerprint density at radius 2 is 1.56 bits per heavy atom. The van der Waals surface area contributed by atoms with Crippen LogP contribution in [0.5, 0.6) is 0 Å². The number of H-pyrrole nitrogens is 2. The molecule has 2 atom stereocenters. The first-order chi connectivity index (χ1) is 25.8. The molecule has 0 aliphatic carbocycles. The Bertz CT molecular complexity index is 2160. The lowest BCUT2D eigenvalue weighted by molar-refractivity contribution is -0.141. The number of carbonyl (C=O) groups excluding carboxylic acids is 4. The van der Waals surface area contributed by atoms with Crippen LogP contribution in [0, 0.1) is 13.8 Å². The Morgan fingerprint density at radius 3 is 2.20 bits per heavy atom. The van der Waals surface area contributed by atoms with Crippen LogP contribution in [0.25, 0.3) is 33.2 Å². The first kappa shape index (κ1) is 39.9. The molecule has 13 heteroatoms. The highest BCUT2D eigenvalue weighted by atomic mass is 16.5. The second kappa shape index (κ2) is 17.2. The molecule has 3 aromatic heterocycles. The zero-order valence-electron chi connectivity index (χ0n) is 32.6. The molecule has 0 saturated heterocycles. The minimum atomic E-state index is -0.518. The number of carbonyl (C=O) groups is 4. The third kappa shape index (κ3) is 8.25. The van der Waals surface area contributed by atoms with Crippen LogP contribution in [-0.4, -0.2) is 77.7 Å². The molecule has 5 rings (SSSR count). The van der Waals surface area contributed by atoms with Crippen molar-refractivity contribution in [3.8, 4) is 0 Å². The molecular formula is C41H52N6O7. The highest BCUT2D eigenvalue weighted by Crippen LogP contribution is 2.44. The van der Waals surface area contributed by atoms with E-state index in [9.17, 15) is 19.2 Å². The Morgan fingerprint density at radius 1 is 0.889 bits per heavy atom. The standard InChI is InChI=1S/C41H52N6O7/c1-9-26-21(2)31-19-35-27(13-16-54-25(6)48)22(3)30(45-35)18-32-23(4)28(11-12-36(49)52-7)39(46-32)29(17-37(50)53-8)40-38(41(51)43-15-10-14-42)24(5)33(47-40)20-34(26)44-31/h18-20,23,28,44-45H,9-17,42H2,1-8H3,(H,43,51)/t23-,28-/m0/s1. The topological polar surface area (TPSA) is 191 Å². The number of aryl methyl sites for hydroxylation is 3. The smallest absolute Gasteiger partial charge is 0.310 e. The second-order valence-corrected chi connectivity index (χ2v) is 13.9. The van der Waals surface area contributed by atoms with E-state index in [0.717, 1.165) is 56.4 Å². The fourth-order valence-corrected chi connectivity index (χ4v) is 7.49. The minimum absolute atomic E-state index is 0.122. The predicted molar refractivity (Wildman–Crippen MR) is 207 cm³/mol. The summed E-state index contributed by atoms with van der Waals surface area (Å²) in [4.78, 5) is 69.0. The summed E-state index contributed by atoms with van der Waals surface area (Å²) in [5, 5.41) is 2.99. The van der Waals surface area contributed by atoms with Gasteiger partial charge in [-0.2, -0.15) is 0 Å². The van der Waals surface area contributed by atoms with E-state index in [2.05, 4.69) is 35.2 Å².